The van der Waals surface area contributed by atoms with Crippen LogP contribution in [0.15, 0.2) is 36.7 Å². The largest absolute Gasteiger partial charge is 0.382 e. The first kappa shape index (κ1) is 16.8. The maximum Gasteiger partial charge on any atom is 0.226 e. The molecule has 0 spiro atoms. The molecule has 0 radical (unpaired) electrons. The van der Waals surface area contributed by atoms with Crippen LogP contribution in [0.4, 0.5) is 11.8 Å². The number of nitrogen functional groups attached to an aromatic ring is 1. The van der Waals surface area contributed by atoms with Crippen LogP contribution in [0.25, 0.3) is 11.2 Å². The summed E-state index contributed by atoms with van der Waals surface area (Å²) >= 11 is 0. The number of benzene rings is 1. The molecule has 0 saturated heterocycles. The minimum Gasteiger partial charge on any atom is -0.382 e. The predicted molar refractivity (Wildman–Crippen MR) is 105 cm³/mol. The van der Waals surface area contributed by atoms with E-state index >= 15 is 0 Å². The van der Waals surface area contributed by atoms with Crippen molar-refractivity contribution in [1.82, 2.24) is 19.5 Å². The zero-order chi connectivity index (χ0) is 17.8. The van der Waals surface area contributed by atoms with E-state index in [-0.39, 0.29) is 0 Å². The SMILES string of the molecule is Nc1nc(NCCc2ccccc2)nc2c1ncn2CC1CCCCC1. The molecule has 0 bridgehead atoms. The standard InChI is InChI=1S/C20H26N6/c21-18-17-19(26(14-23-17)13-16-9-5-2-6-10-16)25-20(24-18)22-12-11-15-7-3-1-4-8-15/h1,3-4,7-8,14,16H,2,5-6,9-13H2,(H3,21,22,24,25). The Kier molecular flexibility index (Phi) is 5.00. The molecule has 0 amide bonds. The van der Waals surface area contributed by atoms with Crippen molar-refractivity contribution in [3.8, 4) is 0 Å². The second-order valence-corrected chi connectivity index (χ2v) is 7.17. The van der Waals surface area contributed by atoms with Gasteiger partial charge in [-0.05, 0) is 30.7 Å². The molecule has 4 rings (SSSR count). The molecule has 3 aromatic rings. The number of fused-ring (bicyclic) bond motifs is 1. The van der Waals surface area contributed by atoms with Gasteiger partial charge in [0.2, 0.25) is 5.95 Å². The Labute approximate surface area is 153 Å². The summed E-state index contributed by atoms with van der Waals surface area (Å²) < 4.78 is 2.14. The van der Waals surface area contributed by atoms with E-state index in [0.29, 0.717) is 23.2 Å². The number of rotatable bonds is 6. The predicted octanol–water partition coefficient (Wildman–Crippen LogP) is 3.64. The van der Waals surface area contributed by atoms with Gasteiger partial charge in [-0.15, -0.1) is 0 Å². The van der Waals surface area contributed by atoms with E-state index in [1.165, 1.54) is 37.7 Å². The lowest BCUT2D eigenvalue weighted by Crippen LogP contribution is -2.14. The fourth-order valence-electron chi connectivity index (χ4n) is 3.79. The number of hydrogen-bond donors (Lipinski definition) is 2. The van der Waals surface area contributed by atoms with Crippen LogP contribution in [-0.4, -0.2) is 26.1 Å². The monoisotopic (exact) mass is 350 g/mol. The summed E-state index contributed by atoms with van der Waals surface area (Å²) in [6.45, 7) is 1.74. The first-order valence-electron chi connectivity index (χ1n) is 9.56. The number of nitrogens with two attached hydrogens (primary N) is 1. The van der Waals surface area contributed by atoms with Crippen LogP contribution in [0.1, 0.15) is 37.7 Å². The molecule has 136 valence electrons. The summed E-state index contributed by atoms with van der Waals surface area (Å²) in [5.41, 5.74) is 8.95. The number of anilines is 2. The van der Waals surface area contributed by atoms with E-state index in [1.54, 1.807) is 0 Å². The van der Waals surface area contributed by atoms with Crippen LogP contribution < -0.4 is 11.1 Å². The van der Waals surface area contributed by atoms with Crippen molar-refractivity contribution in [1.29, 1.82) is 0 Å². The average Bonchev–Trinajstić information content (AvgIpc) is 3.07. The molecule has 1 aliphatic rings. The zero-order valence-electron chi connectivity index (χ0n) is 15.1. The van der Waals surface area contributed by atoms with E-state index in [9.17, 15) is 0 Å². The van der Waals surface area contributed by atoms with Gasteiger partial charge >= 0.3 is 0 Å². The Bertz CT molecular complexity index is 851. The number of hydrogen-bond acceptors (Lipinski definition) is 5. The molecular weight excluding hydrogens is 324 g/mol. The molecule has 2 aromatic heterocycles. The van der Waals surface area contributed by atoms with Crippen LogP contribution in [-0.2, 0) is 13.0 Å². The fraction of sp³-hybridized carbons (Fsp3) is 0.450. The number of aromatic nitrogens is 4. The van der Waals surface area contributed by atoms with Crippen LogP contribution >= 0.6 is 0 Å². The topological polar surface area (TPSA) is 81.7 Å². The molecule has 1 aromatic carbocycles. The molecule has 6 nitrogen and oxygen atoms in total. The number of imidazole rings is 1. The summed E-state index contributed by atoms with van der Waals surface area (Å²) in [4.78, 5) is 13.5. The molecule has 1 fully saturated rings. The second kappa shape index (κ2) is 7.72. The molecule has 3 N–H and O–H groups in total. The molecular formula is C20H26N6. The summed E-state index contributed by atoms with van der Waals surface area (Å²) in [6.07, 6.45) is 9.40. The third-order valence-corrected chi connectivity index (χ3v) is 5.21. The van der Waals surface area contributed by atoms with E-state index in [1.807, 2.05) is 12.4 Å². The maximum absolute atomic E-state index is 6.12. The first-order chi connectivity index (χ1) is 12.8. The van der Waals surface area contributed by atoms with Gasteiger partial charge in [-0.2, -0.15) is 9.97 Å². The molecule has 26 heavy (non-hydrogen) atoms. The zero-order valence-corrected chi connectivity index (χ0v) is 15.1. The lowest BCUT2D eigenvalue weighted by Gasteiger charge is -2.21. The maximum atomic E-state index is 6.12. The van der Waals surface area contributed by atoms with Gasteiger partial charge in [0.05, 0.1) is 6.33 Å². The van der Waals surface area contributed by atoms with Gasteiger partial charge in [-0.1, -0.05) is 49.6 Å². The van der Waals surface area contributed by atoms with Crippen molar-refractivity contribution >= 4 is 22.9 Å². The molecule has 1 aliphatic carbocycles. The van der Waals surface area contributed by atoms with Gasteiger partial charge in [-0.3, -0.25) is 0 Å². The molecule has 2 heterocycles. The highest BCUT2D eigenvalue weighted by molar-refractivity contribution is 5.82. The normalized spacial score (nSPS) is 15.4. The van der Waals surface area contributed by atoms with E-state index < -0.39 is 0 Å². The highest BCUT2D eigenvalue weighted by Crippen LogP contribution is 2.27. The molecule has 1 saturated carbocycles. The quantitative estimate of drug-likeness (QED) is 0.709. The molecule has 6 heteroatoms. The highest BCUT2D eigenvalue weighted by atomic mass is 15.2. The number of nitrogens with one attached hydrogen (secondary N) is 1. The third-order valence-electron chi connectivity index (χ3n) is 5.21. The van der Waals surface area contributed by atoms with Crippen molar-refractivity contribution < 1.29 is 0 Å². The minimum absolute atomic E-state index is 0.444. The summed E-state index contributed by atoms with van der Waals surface area (Å²) in [6, 6.07) is 10.4. The smallest absolute Gasteiger partial charge is 0.226 e. The lowest BCUT2D eigenvalue weighted by atomic mass is 9.89. The Hall–Kier alpha value is -2.63. The highest BCUT2D eigenvalue weighted by Gasteiger charge is 2.17. The van der Waals surface area contributed by atoms with Gasteiger partial charge in [0.25, 0.3) is 0 Å². The number of nitrogens with zero attached hydrogens (tertiary/aromatic N) is 4. The van der Waals surface area contributed by atoms with E-state index in [2.05, 4.69) is 44.1 Å². The van der Waals surface area contributed by atoms with Gasteiger partial charge in [0, 0.05) is 13.1 Å². The van der Waals surface area contributed by atoms with Gasteiger partial charge < -0.3 is 15.6 Å². The van der Waals surface area contributed by atoms with Gasteiger partial charge in [0.15, 0.2) is 11.5 Å². The Morgan fingerprint density at radius 2 is 1.88 bits per heavy atom. The molecule has 0 unspecified atom stereocenters. The molecule has 0 aliphatic heterocycles. The average molecular weight is 350 g/mol. The van der Waals surface area contributed by atoms with E-state index in [0.717, 1.165) is 25.2 Å². The van der Waals surface area contributed by atoms with Crippen molar-refractivity contribution in [2.45, 2.75) is 45.1 Å². The second-order valence-electron chi connectivity index (χ2n) is 7.17. The Morgan fingerprint density at radius 1 is 1.08 bits per heavy atom. The van der Waals surface area contributed by atoms with Crippen molar-refractivity contribution in [3.63, 3.8) is 0 Å². The van der Waals surface area contributed by atoms with Crippen LogP contribution in [0.2, 0.25) is 0 Å². The van der Waals surface area contributed by atoms with Crippen molar-refractivity contribution in [2.75, 3.05) is 17.6 Å². The summed E-state index contributed by atoms with van der Waals surface area (Å²) in [5, 5.41) is 3.30. The summed E-state index contributed by atoms with van der Waals surface area (Å²) in [5.74, 6) is 1.74. The molecule has 0 atom stereocenters. The van der Waals surface area contributed by atoms with Crippen LogP contribution in [0.3, 0.4) is 0 Å². The lowest BCUT2D eigenvalue weighted by molar-refractivity contribution is 0.321. The van der Waals surface area contributed by atoms with Crippen LogP contribution in [0.5, 0.6) is 0 Å². The van der Waals surface area contributed by atoms with E-state index in [4.69, 9.17) is 10.7 Å². The third kappa shape index (κ3) is 3.79. The Morgan fingerprint density at radius 3 is 2.69 bits per heavy atom. The van der Waals surface area contributed by atoms with Gasteiger partial charge in [0.1, 0.15) is 5.52 Å². The minimum atomic E-state index is 0.444. The van der Waals surface area contributed by atoms with Crippen molar-refractivity contribution in [3.05, 3.63) is 42.2 Å². The van der Waals surface area contributed by atoms with Gasteiger partial charge in [-0.25, -0.2) is 4.98 Å². The first-order valence-corrected chi connectivity index (χ1v) is 9.56. The fourth-order valence-corrected chi connectivity index (χ4v) is 3.79. The Balaban J connectivity index is 1.47. The summed E-state index contributed by atoms with van der Waals surface area (Å²) in [7, 11) is 0. The van der Waals surface area contributed by atoms with Crippen molar-refractivity contribution in [2.24, 2.45) is 5.92 Å². The van der Waals surface area contributed by atoms with Crippen LogP contribution in [0, 0.1) is 5.92 Å².